The van der Waals surface area contributed by atoms with Crippen molar-refractivity contribution in [2.75, 3.05) is 28.4 Å². The van der Waals surface area contributed by atoms with Crippen LogP contribution >= 0.6 is 0 Å². The lowest BCUT2D eigenvalue weighted by Gasteiger charge is -2.20. The highest BCUT2D eigenvalue weighted by Gasteiger charge is 2.25. The molecule has 1 rings (SSSR count). The van der Waals surface area contributed by atoms with Crippen LogP contribution in [-0.2, 0) is 4.79 Å². The summed E-state index contributed by atoms with van der Waals surface area (Å²) in [6, 6.07) is 0. The average Bonchev–Trinajstić information content (AvgIpc) is 2.51. The van der Waals surface area contributed by atoms with Crippen LogP contribution in [0, 0.1) is 6.92 Å². The van der Waals surface area contributed by atoms with Gasteiger partial charge in [0.15, 0.2) is 11.5 Å². The molecule has 6 heteroatoms. The molecule has 0 saturated heterocycles. The minimum Gasteiger partial charge on any atom is -0.492 e. The van der Waals surface area contributed by atoms with Gasteiger partial charge in [-0.15, -0.1) is 0 Å². The maximum Gasteiger partial charge on any atom is 0.331 e. The molecule has 1 N–H and O–H groups in total. The topological polar surface area (TPSA) is 74.2 Å². The van der Waals surface area contributed by atoms with Crippen molar-refractivity contribution in [2.24, 2.45) is 0 Å². The van der Waals surface area contributed by atoms with Gasteiger partial charge in [0.25, 0.3) is 0 Å². The summed E-state index contributed by atoms with van der Waals surface area (Å²) in [5.74, 6) is 0.680. The van der Waals surface area contributed by atoms with E-state index in [1.807, 2.05) is 6.92 Å². The van der Waals surface area contributed by atoms with Gasteiger partial charge in [-0.2, -0.15) is 0 Å². The maximum absolute atomic E-state index is 11.3. The molecule has 122 valence electrons. The number of hydrogen-bond acceptors (Lipinski definition) is 5. The van der Waals surface area contributed by atoms with Crippen molar-refractivity contribution in [1.82, 2.24) is 0 Å². The highest BCUT2D eigenvalue weighted by atomic mass is 16.5. The largest absolute Gasteiger partial charge is 0.492 e. The molecule has 0 aliphatic heterocycles. The summed E-state index contributed by atoms with van der Waals surface area (Å²) in [5, 5.41) is 9.25. The smallest absolute Gasteiger partial charge is 0.331 e. The second-order valence-corrected chi connectivity index (χ2v) is 4.50. The number of rotatable bonds is 7. The Hall–Kier alpha value is -2.37. The summed E-state index contributed by atoms with van der Waals surface area (Å²) in [5.41, 5.74) is 1.57. The van der Waals surface area contributed by atoms with Crippen LogP contribution in [0.15, 0.2) is 5.57 Å². The molecule has 1 aromatic rings. The average molecular weight is 310 g/mol. The first-order chi connectivity index (χ1) is 10.5. The van der Waals surface area contributed by atoms with Crippen LogP contribution in [-0.4, -0.2) is 39.5 Å². The Bertz CT molecular complexity index is 589. The van der Waals surface area contributed by atoms with E-state index >= 15 is 0 Å². The van der Waals surface area contributed by atoms with Gasteiger partial charge in [-0.1, -0.05) is 6.92 Å². The summed E-state index contributed by atoms with van der Waals surface area (Å²) in [6.45, 7) is 3.59. The van der Waals surface area contributed by atoms with E-state index in [4.69, 9.17) is 18.9 Å². The normalized spacial score (nSPS) is 11.1. The monoisotopic (exact) mass is 310 g/mol. The zero-order valence-corrected chi connectivity index (χ0v) is 13.8. The number of ether oxygens (including phenoxy) is 4. The molecule has 0 aliphatic rings. The summed E-state index contributed by atoms with van der Waals surface area (Å²) in [4.78, 5) is 11.3. The standard InChI is InChI=1S/C16H22O6/c1-7-10(16(17)18)8-11-9(2)12(19-3)14(21-5)15(22-6)13(11)20-4/h8H,7H2,1-6H3,(H,17,18)/b10-8+. The Morgan fingerprint density at radius 1 is 0.955 bits per heavy atom. The van der Waals surface area contributed by atoms with Crippen molar-refractivity contribution in [3.05, 3.63) is 16.7 Å². The maximum atomic E-state index is 11.3. The van der Waals surface area contributed by atoms with E-state index in [1.165, 1.54) is 28.4 Å². The van der Waals surface area contributed by atoms with Crippen molar-refractivity contribution in [3.8, 4) is 23.0 Å². The first kappa shape index (κ1) is 17.7. The van der Waals surface area contributed by atoms with Crippen LogP contribution in [0.4, 0.5) is 0 Å². The molecule has 0 aliphatic carbocycles. The number of hydrogen-bond donors (Lipinski definition) is 1. The van der Waals surface area contributed by atoms with Crippen molar-refractivity contribution < 1.29 is 28.8 Å². The number of carboxylic acids is 1. The van der Waals surface area contributed by atoms with E-state index in [-0.39, 0.29) is 5.57 Å². The zero-order chi connectivity index (χ0) is 16.9. The fourth-order valence-corrected chi connectivity index (χ4v) is 2.27. The Morgan fingerprint density at radius 3 is 1.77 bits per heavy atom. The summed E-state index contributed by atoms with van der Waals surface area (Å²) in [7, 11) is 6.00. The third-order valence-corrected chi connectivity index (χ3v) is 3.40. The molecule has 0 radical (unpaired) electrons. The second-order valence-electron chi connectivity index (χ2n) is 4.50. The molecule has 0 bridgehead atoms. The van der Waals surface area contributed by atoms with Crippen molar-refractivity contribution >= 4 is 12.0 Å². The van der Waals surface area contributed by atoms with Gasteiger partial charge in [-0.25, -0.2) is 4.79 Å². The predicted molar refractivity (Wildman–Crippen MR) is 83.3 cm³/mol. The molecule has 1 aromatic carbocycles. The first-order valence-electron chi connectivity index (χ1n) is 6.77. The lowest BCUT2D eigenvalue weighted by molar-refractivity contribution is -0.132. The Labute approximate surface area is 130 Å². The van der Waals surface area contributed by atoms with Gasteiger partial charge in [0, 0.05) is 16.7 Å². The van der Waals surface area contributed by atoms with Gasteiger partial charge in [0.1, 0.15) is 0 Å². The van der Waals surface area contributed by atoms with Crippen LogP contribution in [0.2, 0.25) is 0 Å². The molecule has 0 aromatic heterocycles. The minimum absolute atomic E-state index is 0.260. The van der Waals surface area contributed by atoms with E-state index in [9.17, 15) is 9.90 Å². The molecule has 0 spiro atoms. The SMILES string of the molecule is CC/C(=C\c1c(C)c(OC)c(OC)c(OC)c1OC)C(=O)O. The lowest BCUT2D eigenvalue weighted by atomic mass is 10.0. The molecule has 0 fully saturated rings. The van der Waals surface area contributed by atoms with Gasteiger partial charge in [0.05, 0.1) is 28.4 Å². The van der Waals surface area contributed by atoms with Crippen LogP contribution in [0.25, 0.3) is 6.08 Å². The Balaban J connectivity index is 3.80. The van der Waals surface area contributed by atoms with Crippen molar-refractivity contribution in [1.29, 1.82) is 0 Å². The van der Waals surface area contributed by atoms with Crippen LogP contribution in [0.3, 0.4) is 0 Å². The van der Waals surface area contributed by atoms with Crippen LogP contribution < -0.4 is 18.9 Å². The Morgan fingerprint density at radius 2 is 1.41 bits per heavy atom. The highest BCUT2D eigenvalue weighted by Crippen LogP contribution is 2.49. The zero-order valence-electron chi connectivity index (χ0n) is 13.8. The van der Waals surface area contributed by atoms with Gasteiger partial charge in [-0.05, 0) is 19.4 Å². The highest BCUT2D eigenvalue weighted by molar-refractivity contribution is 5.93. The van der Waals surface area contributed by atoms with Crippen molar-refractivity contribution in [3.63, 3.8) is 0 Å². The fraction of sp³-hybridized carbons (Fsp3) is 0.438. The Kier molecular flexibility index (Phi) is 6.10. The molecule has 0 unspecified atom stereocenters. The molecule has 0 amide bonds. The molecule has 22 heavy (non-hydrogen) atoms. The molecule has 0 atom stereocenters. The van der Waals surface area contributed by atoms with Crippen LogP contribution in [0.1, 0.15) is 24.5 Å². The van der Waals surface area contributed by atoms with Gasteiger partial charge in [-0.3, -0.25) is 0 Å². The fourth-order valence-electron chi connectivity index (χ4n) is 2.27. The first-order valence-corrected chi connectivity index (χ1v) is 6.77. The lowest BCUT2D eigenvalue weighted by Crippen LogP contribution is -2.04. The van der Waals surface area contributed by atoms with Gasteiger partial charge >= 0.3 is 5.97 Å². The van der Waals surface area contributed by atoms with E-state index in [1.54, 1.807) is 13.0 Å². The van der Waals surface area contributed by atoms with E-state index in [0.717, 1.165) is 0 Å². The summed E-state index contributed by atoms with van der Waals surface area (Å²) >= 11 is 0. The van der Waals surface area contributed by atoms with E-state index in [0.29, 0.717) is 40.5 Å². The molecule has 6 nitrogen and oxygen atoms in total. The van der Waals surface area contributed by atoms with Crippen molar-refractivity contribution in [2.45, 2.75) is 20.3 Å². The third kappa shape index (κ3) is 3.10. The molecule has 0 heterocycles. The number of carbonyl (C=O) groups is 1. The molecule has 0 saturated carbocycles. The van der Waals surface area contributed by atoms with Crippen LogP contribution in [0.5, 0.6) is 23.0 Å². The van der Waals surface area contributed by atoms with Gasteiger partial charge in [0.2, 0.25) is 11.5 Å². The summed E-state index contributed by atoms with van der Waals surface area (Å²) in [6.07, 6.45) is 1.95. The number of aliphatic carboxylic acids is 1. The minimum atomic E-state index is -0.974. The quantitative estimate of drug-likeness (QED) is 0.781. The number of methoxy groups -OCH3 is 4. The van der Waals surface area contributed by atoms with E-state index in [2.05, 4.69) is 0 Å². The molecular weight excluding hydrogens is 288 g/mol. The molecular formula is C16H22O6. The predicted octanol–water partition coefficient (Wildman–Crippen LogP) is 2.91. The van der Waals surface area contributed by atoms with Gasteiger partial charge < -0.3 is 24.1 Å². The number of benzene rings is 1. The second kappa shape index (κ2) is 7.59. The number of carboxylic acid groups (broad SMARTS) is 1. The summed E-state index contributed by atoms with van der Waals surface area (Å²) < 4.78 is 21.5. The van der Waals surface area contributed by atoms with E-state index < -0.39 is 5.97 Å². The third-order valence-electron chi connectivity index (χ3n) is 3.40.